The van der Waals surface area contributed by atoms with Gasteiger partial charge in [-0.1, -0.05) is 0 Å². The molecule has 8 nitrogen and oxygen atoms in total. The zero-order chi connectivity index (χ0) is 25.2. The van der Waals surface area contributed by atoms with Gasteiger partial charge in [-0.05, 0) is 25.1 Å². The lowest BCUT2D eigenvalue weighted by Gasteiger charge is -2.29. The number of aliphatic hydroxyl groups excluding tert-OH is 1. The van der Waals surface area contributed by atoms with E-state index in [1.807, 2.05) is 5.32 Å². The molecule has 14 heteroatoms. The van der Waals surface area contributed by atoms with E-state index >= 15 is 0 Å². The molecule has 1 heterocycles. The van der Waals surface area contributed by atoms with Gasteiger partial charge < -0.3 is 25.6 Å². The molecule has 0 aromatic heterocycles. The number of hydrogen-bond donors (Lipinski definition) is 4. The fraction of sp³-hybridized carbons (Fsp3) is 0.526. The first-order chi connectivity index (χ1) is 15.1. The molecule has 0 saturated heterocycles. The quantitative estimate of drug-likeness (QED) is 0.331. The summed E-state index contributed by atoms with van der Waals surface area (Å²) in [6, 6.07) is 1.70. The lowest BCUT2D eigenvalue weighted by atomic mass is 9.97. The summed E-state index contributed by atoms with van der Waals surface area (Å²) >= 11 is 0. The maximum Gasteiger partial charge on any atom is 0.455 e. The van der Waals surface area contributed by atoms with Crippen molar-refractivity contribution in [1.29, 1.82) is 0 Å². The Morgan fingerprint density at radius 2 is 1.82 bits per heavy atom. The highest BCUT2D eigenvalue weighted by Gasteiger charge is 2.58. The Kier molecular flexibility index (Phi) is 7.63. The summed E-state index contributed by atoms with van der Waals surface area (Å²) < 4.78 is 81.8. The van der Waals surface area contributed by atoms with Gasteiger partial charge in [-0.25, -0.2) is 4.39 Å². The van der Waals surface area contributed by atoms with Gasteiger partial charge in [0.15, 0.2) is 5.78 Å². The van der Waals surface area contributed by atoms with E-state index in [2.05, 4.69) is 0 Å². The molecular weight excluding hydrogens is 466 g/mol. The lowest BCUT2D eigenvalue weighted by molar-refractivity contribution is -0.278. The number of rotatable bonds is 7. The Morgan fingerprint density at radius 3 is 2.39 bits per heavy atom. The van der Waals surface area contributed by atoms with E-state index in [4.69, 9.17) is 4.74 Å². The van der Waals surface area contributed by atoms with Gasteiger partial charge in [-0.3, -0.25) is 14.4 Å². The van der Waals surface area contributed by atoms with E-state index in [0.29, 0.717) is 6.92 Å². The molecule has 4 N–H and O–H groups in total. The molecule has 1 aromatic rings. The average molecular weight is 486 g/mol. The van der Waals surface area contributed by atoms with Crippen LogP contribution in [0.4, 0.5) is 26.3 Å². The molecule has 0 saturated carbocycles. The van der Waals surface area contributed by atoms with Crippen LogP contribution in [-0.2, 0) is 20.8 Å². The first kappa shape index (κ1) is 26.4. The van der Waals surface area contributed by atoms with Gasteiger partial charge in [0, 0.05) is 25.0 Å². The number of alkyl halides is 5. The highest BCUT2D eigenvalue weighted by molar-refractivity contribution is 6.09. The number of amides is 2. The van der Waals surface area contributed by atoms with Crippen molar-refractivity contribution in [2.45, 2.75) is 49.6 Å². The van der Waals surface area contributed by atoms with Crippen LogP contribution in [0.25, 0.3) is 0 Å². The Labute approximate surface area is 182 Å². The molecule has 0 spiro atoms. The minimum Gasteiger partial charge on any atom is -0.487 e. The minimum absolute atomic E-state index is 0.0823. The number of hydrogen-bond acceptors (Lipinski definition) is 6. The van der Waals surface area contributed by atoms with Crippen molar-refractivity contribution in [2.24, 2.45) is 0 Å². The van der Waals surface area contributed by atoms with Gasteiger partial charge in [0.25, 0.3) is 11.8 Å². The standard InChI is InChI=1S/C19H20F6N2O6/c1-17(32,15(30)26-8-18(21,22)19(23,24)25)16(31)27-14-11(29)7-9-6-10(20)2-3-12(9)33-13(14)4-5-28/h2-3,6,13-14,28,32H,4-5,7-8H2,1H3,(H,26,30)(H,27,31)/t13-,14-,17-/m0/s1. The van der Waals surface area contributed by atoms with Crippen molar-refractivity contribution in [3.05, 3.63) is 29.6 Å². The van der Waals surface area contributed by atoms with Crippen molar-refractivity contribution in [3.8, 4) is 5.75 Å². The van der Waals surface area contributed by atoms with Gasteiger partial charge in [0.1, 0.15) is 23.7 Å². The zero-order valence-electron chi connectivity index (χ0n) is 17.0. The molecule has 0 fully saturated rings. The second-order valence-electron chi connectivity index (χ2n) is 7.47. The number of carbonyl (C=O) groups excluding carboxylic acids is 3. The molecule has 3 atom stereocenters. The summed E-state index contributed by atoms with van der Waals surface area (Å²) in [5.74, 6) is -10.2. The van der Waals surface area contributed by atoms with Crippen LogP contribution in [0.15, 0.2) is 18.2 Å². The van der Waals surface area contributed by atoms with Crippen LogP contribution in [0.5, 0.6) is 5.75 Å². The molecule has 2 rings (SSSR count). The molecule has 1 aromatic carbocycles. The average Bonchev–Trinajstić information content (AvgIpc) is 2.82. The van der Waals surface area contributed by atoms with E-state index in [0.717, 1.165) is 17.4 Å². The van der Waals surface area contributed by atoms with Gasteiger partial charge in [-0.2, -0.15) is 22.0 Å². The summed E-state index contributed by atoms with van der Waals surface area (Å²) in [7, 11) is 0. The number of fused-ring (bicyclic) bond motifs is 1. The second kappa shape index (κ2) is 9.55. The van der Waals surface area contributed by atoms with Crippen molar-refractivity contribution in [1.82, 2.24) is 10.6 Å². The van der Waals surface area contributed by atoms with E-state index in [1.165, 1.54) is 6.07 Å². The van der Waals surface area contributed by atoms with E-state index in [9.17, 15) is 50.9 Å². The van der Waals surface area contributed by atoms with E-state index < -0.39 is 72.8 Å². The van der Waals surface area contributed by atoms with E-state index in [-0.39, 0.29) is 17.7 Å². The molecule has 0 bridgehead atoms. The van der Waals surface area contributed by atoms with Gasteiger partial charge in [0.05, 0.1) is 6.54 Å². The molecule has 1 aliphatic rings. The van der Waals surface area contributed by atoms with Crippen LogP contribution in [0.1, 0.15) is 18.9 Å². The van der Waals surface area contributed by atoms with Gasteiger partial charge >= 0.3 is 12.1 Å². The third-order valence-corrected chi connectivity index (χ3v) is 4.85. The number of nitrogens with one attached hydrogen (secondary N) is 2. The first-order valence-electron chi connectivity index (χ1n) is 9.45. The molecule has 184 valence electrons. The van der Waals surface area contributed by atoms with Crippen molar-refractivity contribution in [3.63, 3.8) is 0 Å². The van der Waals surface area contributed by atoms with Crippen LogP contribution in [-0.4, -0.2) is 70.8 Å². The number of ketones is 1. The van der Waals surface area contributed by atoms with Crippen molar-refractivity contribution in [2.75, 3.05) is 13.2 Å². The maximum atomic E-state index is 13.5. The highest BCUT2D eigenvalue weighted by Crippen LogP contribution is 2.34. The Morgan fingerprint density at radius 1 is 1.18 bits per heavy atom. The molecule has 0 unspecified atom stereocenters. The number of Topliss-reactive ketones (excluding diaryl/α,β-unsaturated/α-hetero) is 1. The lowest BCUT2D eigenvalue weighted by Crippen LogP contribution is -2.62. The Balaban J connectivity index is 2.18. The molecular formula is C19H20F6N2O6. The maximum absolute atomic E-state index is 13.5. The fourth-order valence-electron chi connectivity index (χ4n) is 2.91. The number of carbonyl (C=O) groups is 3. The number of benzene rings is 1. The molecule has 2 amide bonds. The van der Waals surface area contributed by atoms with Crippen LogP contribution in [0.2, 0.25) is 0 Å². The Hall–Kier alpha value is -2.87. The number of aliphatic hydroxyl groups is 2. The Bertz CT molecular complexity index is 921. The largest absolute Gasteiger partial charge is 0.487 e. The summed E-state index contributed by atoms with van der Waals surface area (Å²) in [6.45, 7) is -2.24. The fourth-order valence-corrected chi connectivity index (χ4v) is 2.91. The van der Waals surface area contributed by atoms with Crippen LogP contribution >= 0.6 is 0 Å². The number of halogens is 6. The predicted molar refractivity (Wildman–Crippen MR) is 97.8 cm³/mol. The normalized spacial score (nSPS) is 20.7. The van der Waals surface area contributed by atoms with Crippen molar-refractivity contribution >= 4 is 17.6 Å². The number of ether oxygens (including phenoxy) is 1. The van der Waals surface area contributed by atoms with Crippen molar-refractivity contribution < 1.29 is 55.7 Å². The third-order valence-electron chi connectivity index (χ3n) is 4.85. The summed E-state index contributed by atoms with van der Waals surface area (Å²) in [4.78, 5) is 37.1. The minimum atomic E-state index is -5.98. The zero-order valence-corrected chi connectivity index (χ0v) is 17.0. The summed E-state index contributed by atoms with van der Waals surface area (Å²) in [5.41, 5.74) is -3.03. The molecule has 0 aliphatic carbocycles. The highest BCUT2D eigenvalue weighted by atomic mass is 19.4. The van der Waals surface area contributed by atoms with Crippen LogP contribution in [0, 0.1) is 5.82 Å². The van der Waals surface area contributed by atoms with Gasteiger partial charge in [0.2, 0.25) is 5.60 Å². The molecule has 0 radical (unpaired) electrons. The smallest absolute Gasteiger partial charge is 0.455 e. The first-order valence-corrected chi connectivity index (χ1v) is 9.45. The molecule has 33 heavy (non-hydrogen) atoms. The summed E-state index contributed by atoms with van der Waals surface area (Å²) in [6.07, 6.45) is -7.87. The topological polar surface area (TPSA) is 125 Å². The monoisotopic (exact) mass is 486 g/mol. The SMILES string of the molecule is C[C@](O)(C(=O)NCC(F)(F)C(F)(F)F)C(=O)N[C@H]1C(=O)Cc2cc(F)ccc2O[C@H]1CCO. The predicted octanol–water partition coefficient (Wildman–Crippen LogP) is 0.630. The van der Waals surface area contributed by atoms with E-state index in [1.54, 1.807) is 0 Å². The second-order valence-corrected chi connectivity index (χ2v) is 7.47. The van der Waals surface area contributed by atoms with Crippen LogP contribution in [0.3, 0.4) is 0 Å². The third kappa shape index (κ3) is 5.93. The van der Waals surface area contributed by atoms with Gasteiger partial charge in [-0.15, -0.1) is 0 Å². The van der Waals surface area contributed by atoms with Crippen LogP contribution < -0.4 is 15.4 Å². The summed E-state index contributed by atoms with van der Waals surface area (Å²) in [5, 5.41) is 22.6. The molecule has 1 aliphatic heterocycles.